The summed E-state index contributed by atoms with van der Waals surface area (Å²) in [5.41, 5.74) is 2.65. The first kappa shape index (κ1) is 15.7. The van der Waals surface area contributed by atoms with Crippen molar-refractivity contribution >= 4 is 5.91 Å². The topological polar surface area (TPSA) is 49.3 Å². The number of aliphatic hydroxyl groups is 1. The molecule has 1 aromatic carbocycles. The highest BCUT2D eigenvalue weighted by atomic mass is 16.3. The van der Waals surface area contributed by atoms with Gasteiger partial charge >= 0.3 is 0 Å². The first-order valence-electron chi connectivity index (χ1n) is 6.95. The molecule has 106 valence electrons. The van der Waals surface area contributed by atoms with E-state index in [2.05, 4.69) is 5.32 Å². The second-order valence-electron chi connectivity index (χ2n) is 5.30. The Kier molecular flexibility index (Phi) is 5.55. The molecule has 0 saturated heterocycles. The van der Waals surface area contributed by atoms with Gasteiger partial charge in [-0.25, -0.2) is 0 Å². The summed E-state index contributed by atoms with van der Waals surface area (Å²) in [5, 5.41) is 12.5. The van der Waals surface area contributed by atoms with Crippen LogP contribution in [0.15, 0.2) is 18.2 Å². The summed E-state index contributed by atoms with van der Waals surface area (Å²) >= 11 is 0. The van der Waals surface area contributed by atoms with Gasteiger partial charge < -0.3 is 10.4 Å². The van der Waals surface area contributed by atoms with Gasteiger partial charge in [0.2, 0.25) is 0 Å². The molecule has 0 aliphatic carbocycles. The van der Waals surface area contributed by atoms with Crippen LogP contribution in [0.5, 0.6) is 0 Å². The summed E-state index contributed by atoms with van der Waals surface area (Å²) in [6.45, 7) is 8.68. The molecule has 0 atom stereocenters. The van der Waals surface area contributed by atoms with Gasteiger partial charge in [-0.1, -0.05) is 26.0 Å². The summed E-state index contributed by atoms with van der Waals surface area (Å²) < 4.78 is 0. The van der Waals surface area contributed by atoms with Crippen LogP contribution < -0.4 is 5.32 Å². The molecule has 0 aromatic heterocycles. The lowest BCUT2D eigenvalue weighted by Gasteiger charge is -2.29. The minimum atomic E-state index is -0.201. The van der Waals surface area contributed by atoms with E-state index in [0.29, 0.717) is 6.54 Å². The highest BCUT2D eigenvalue weighted by Crippen LogP contribution is 2.24. The Bertz CT molecular complexity index is 428. The first-order chi connectivity index (χ1) is 8.99. The molecule has 0 spiro atoms. The third kappa shape index (κ3) is 3.57. The van der Waals surface area contributed by atoms with E-state index in [1.807, 2.05) is 45.9 Å². The fraction of sp³-hybridized carbons (Fsp3) is 0.562. The SMILES string of the molecule is CCC(CC)(CO)CNC(=O)c1cccc(C)c1C. The van der Waals surface area contributed by atoms with Gasteiger partial charge in [0.1, 0.15) is 0 Å². The van der Waals surface area contributed by atoms with Crippen LogP contribution in [-0.2, 0) is 0 Å². The van der Waals surface area contributed by atoms with E-state index < -0.39 is 0 Å². The second kappa shape index (κ2) is 6.71. The van der Waals surface area contributed by atoms with Crippen molar-refractivity contribution in [3.05, 3.63) is 34.9 Å². The number of benzene rings is 1. The van der Waals surface area contributed by atoms with Crippen LogP contribution in [0.2, 0.25) is 0 Å². The molecule has 2 N–H and O–H groups in total. The number of carbonyl (C=O) groups is 1. The Labute approximate surface area is 116 Å². The maximum atomic E-state index is 12.2. The predicted molar refractivity (Wildman–Crippen MR) is 78.4 cm³/mol. The maximum absolute atomic E-state index is 12.2. The molecule has 1 amide bonds. The van der Waals surface area contributed by atoms with E-state index in [0.717, 1.165) is 29.5 Å². The second-order valence-corrected chi connectivity index (χ2v) is 5.30. The van der Waals surface area contributed by atoms with Crippen LogP contribution >= 0.6 is 0 Å². The molecule has 3 nitrogen and oxygen atoms in total. The Morgan fingerprint density at radius 2 is 1.89 bits per heavy atom. The first-order valence-corrected chi connectivity index (χ1v) is 6.95. The van der Waals surface area contributed by atoms with Crippen molar-refractivity contribution < 1.29 is 9.90 Å². The van der Waals surface area contributed by atoms with Gasteiger partial charge in [-0.05, 0) is 43.9 Å². The molecule has 0 radical (unpaired) electrons. The van der Waals surface area contributed by atoms with Crippen LogP contribution in [0.25, 0.3) is 0 Å². The zero-order chi connectivity index (χ0) is 14.5. The molecule has 0 unspecified atom stereocenters. The predicted octanol–water partition coefficient (Wildman–Crippen LogP) is 2.83. The monoisotopic (exact) mass is 263 g/mol. The molecule has 0 aliphatic heterocycles. The van der Waals surface area contributed by atoms with E-state index in [-0.39, 0.29) is 17.9 Å². The Morgan fingerprint density at radius 3 is 2.42 bits per heavy atom. The van der Waals surface area contributed by atoms with Gasteiger partial charge in [0.05, 0.1) is 6.61 Å². The normalized spacial score (nSPS) is 11.4. The van der Waals surface area contributed by atoms with Crippen LogP contribution in [0, 0.1) is 19.3 Å². The number of hydrogen-bond acceptors (Lipinski definition) is 2. The largest absolute Gasteiger partial charge is 0.396 e. The van der Waals surface area contributed by atoms with Crippen LogP contribution in [-0.4, -0.2) is 24.2 Å². The average molecular weight is 263 g/mol. The number of carbonyl (C=O) groups excluding carboxylic acids is 1. The van der Waals surface area contributed by atoms with Crippen molar-refractivity contribution in [2.45, 2.75) is 40.5 Å². The molecular formula is C16H25NO2. The minimum absolute atomic E-state index is 0.0547. The Hall–Kier alpha value is -1.35. The summed E-state index contributed by atoms with van der Waals surface area (Å²) in [6, 6.07) is 5.74. The van der Waals surface area contributed by atoms with Gasteiger partial charge in [0, 0.05) is 17.5 Å². The quantitative estimate of drug-likeness (QED) is 0.829. The maximum Gasteiger partial charge on any atom is 0.251 e. The van der Waals surface area contributed by atoms with Gasteiger partial charge in [-0.2, -0.15) is 0 Å². The van der Waals surface area contributed by atoms with Gasteiger partial charge in [-0.15, -0.1) is 0 Å². The van der Waals surface area contributed by atoms with Crippen molar-refractivity contribution in [1.82, 2.24) is 5.32 Å². The smallest absolute Gasteiger partial charge is 0.251 e. The number of rotatable bonds is 6. The molecule has 0 saturated carbocycles. The molecule has 1 rings (SSSR count). The molecule has 0 bridgehead atoms. The van der Waals surface area contributed by atoms with E-state index >= 15 is 0 Å². The molecule has 3 heteroatoms. The fourth-order valence-corrected chi connectivity index (χ4v) is 2.14. The Morgan fingerprint density at radius 1 is 1.26 bits per heavy atom. The number of hydrogen-bond donors (Lipinski definition) is 2. The van der Waals surface area contributed by atoms with Crippen molar-refractivity contribution in [3.8, 4) is 0 Å². The highest BCUT2D eigenvalue weighted by Gasteiger charge is 2.26. The molecule has 19 heavy (non-hydrogen) atoms. The molecule has 1 aromatic rings. The van der Waals surface area contributed by atoms with Gasteiger partial charge in [-0.3, -0.25) is 4.79 Å². The number of aliphatic hydroxyl groups excluding tert-OH is 1. The zero-order valence-electron chi connectivity index (χ0n) is 12.4. The summed E-state index contributed by atoms with van der Waals surface area (Å²) in [7, 11) is 0. The van der Waals surface area contributed by atoms with Crippen molar-refractivity contribution in [2.24, 2.45) is 5.41 Å². The number of amides is 1. The zero-order valence-corrected chi connectivity index (χ0v) is 12.4. The minimum Gasteiger partial charge on any atom is -0.396 e. The molecule has 0 aliphatic rings. The molecule has 0 fully saturated rings. The van der Waals surface area contributed by atoms with Crippen LogP contribution in [0.1, 0.15) is 48.2 Å². The van der Waals surface area contributed by atoms with Gasteiger partial charge in [0.25, 0.3) is 5.91 Å². The van der Waals surface area contributed by atoms with E-state index in [1.54, 1.807) is 0 Å². The number of nitrogens with one attached hydrogen (secondary N) is 1. The summed E-state index contributed by atoms with van der Waals surface area (Å²) in [4.78, 5) is 12.2. The van der Waals surface area contributed by atoms with Crippen molar-refractivity contribution in [3.63, 3.8) is 0 Å². The fourth-order valence-electron chi connectivity index (χ4n) is 2.14. The lowest BCUT2D eigenvalue weighted by atomic mass is 9.83. The third-order valence-electron chi connectivity index (χ3n) is 4.31. The van der Waals surface area contributed by atoms with Crippen LogP contribution in [0.3, 0.4) is 0 Å². The van der Waals surface area contributed by atoms with E-state index in [1.165, 1.54) is 0 Å². The average Bonchev–Trinajstić information content (AvgIpc) is 2.44. The van der Waals surface area contributed by atoms with Crippen LogP contribution in [0.4, 0.5) is 0 Å². The van der Waals surface area contributed by atoms with Crippen molar-refractivity contribution in [2.75, 3.05) is 13.2 Å². The van der Waals surface area contributed by atoms with E-state index in [9.17, 15) is 9.90 Å². The standard InChI is InChI=1S/C16H25NO2/c1-5-16(6-2,11-18)10-17-15(19)14-9-7-8-12(3)13(14)4/h7-9,18H,5-6,10-11H2,1-4H3,(H,17,19). The molecule has 0 heterocycles. The van der Waals surface area contributed by atoms with E-state index in [4.69, 9.17) is 0 Å². The summed E-state index contributed by atoms with van der Waals surface area (Å²) in [5.74, 6) is -0.0547. The van der Waals surface area contributed by atoms with Crippen molar-refractivity contribution in [1.29, 1.82) is 0 Å². The Balaban J connectivity index is 2.78. The third-order valence-corrected chi connectivity index (χ3v) is 4.31. The lowest BCUT2D eigenvalue weighted by molar-refractivity contribution is 0.0850. The summed E-state index contributed by atoms with van der Waals surface area (Å²) in [6.07, 6.45) is 1.71. The number of aryl methyl sites for hydroxylation is 1. The van der Waals surface area contributed by atoms with Gasteiger partial charge in [0.15, 0.2) is 0 Å². The highest BCUT2D eigenvalue weighted by molar-refractivity contribution is 5.95. The lowest BCUT2D eigenvalue weighted by Crippen LogP contribution is -2.39. The molecular weight excluding hydrogens is 238 g/mol.